The molecule has 1 heterocycles. The van der Waals surface area contributed by atoms with E-state index in [-0.39, 0.29) is 18.4 Å². The van der Waals surface area contributed by atoms with Gasteiger partial charge in [0.2, 0.25) is 11.1 Å². The third-order valence-corrected chi connectivity index (χ3v) is 4.08. The van der Waals surface area contributed by atoms with Crippen molar-refractivity contribution in [3.8, 4) is 0 Å². The van der Waals surface area contributed by atoms with Crippen LogP contribution in [0.15, 0.2) is 29.5 Å². The van der Waals surface area contributed by atoms with Crippen LogP contribution in [0.5, 0.6) is 0 Å². The summed E-state index contributed by atoms with van der Waals surface area (Å²) in [5.41, 5.74) is 7.56. The number of aliphatic hydroxyl groups is 1. The van der Waals surface area contributed by atoms with E-state index in [1.54, 1.807) is 12.1 Å². The molecule has 0 fully saturated rings. The predicted molar refractivity (Wildman–Crippen MR) is 98.7 cm³/mol. The number of nitrogen functional groups attached to an aromatic ring is 1. The van der Waals surface area contributed by atoms with E-state index in [0.29, 0.717) is 22.3 Å². The Kier molecular flexibility index (Phi) is 6.33. The Hall–Kier alpha value is -2.63. The van der Waals surface area contributed by atoms with E-state index in [1.807, 2.05) is 13.0 Å². The molecule has 0 unspecified atom stereocenters. The molecule has 1 aromatic carbocycles. The van der Waals surface area contributed by atoms with Gasteiger partial charge in [0.25, 0.3) is 0 Å². The van der Waals surface area contributed by atoms with E-state index < -0.39 is 5.82 Å². The largest absolute Gasteiger partial charge is 0.396 e. The normalized spacial score (nSPS) is 11.4. The van der Waals surface area contributed by atoms with Gasteiger partial charge in [-0.05, 0) is 24.6 Å². The summed E-state index contributed by atoms with van der Waals surface area (Å²) in [5.74, 6) is 11.1. The molecule has 0 saturated heterocycles. The summed E-state index contributed by atoms with van der Waals surface area (Å²) in [6, 6.07) is 5.36. The Balaban J connectivity index is 2.25. The summed E-state index contributed by atoms with van der Waals surface area (Å²) in [5, 5.41) is 17.2. The van der Waals surface area contributed by atoms with Crippen molar-refractivity contribution >= 4 is 40.1 Å². The highest BCUT2D eigenvalue weighted by Crippen LogP contribution is 2.26. The lowest BCUT2D eigenvalue weighted by atomic mass is 10.2. The minimum atomic E-state index is -0.687. The van der Waals surface area contributed by atoms with E-state index in [1.165, 1.54) is 16.8 Å². The first-order valence-corrected chi connectivity index (χ1v) is 8.17. The average Bonchev–Trinajstić information content (AvgIpc) is 2.60. The average molecular weight is 366 g/mol. The Morgan fingerprint density at radius 3 is 2.88 bits per heavy atom. The highest BCUT2D eigenvalue weighted by Gasteiger charge is 2.14. The molecule has 0 radical (unpaired) electrons. The zero-order valence-electron chi connectivity index (χ0n) is 13.5. The maximum absolute atomic E-state index is 13.1. The second-order valence-corrected chi connectivity index (χ2v) is 5.97. The van der Waals surface area contributed by atoms with E-state index in [0.717, 1.165) is 11.8 Å². The maximum Gasteiger partial charge on any atom is 0.229 e. The maximum atomic E-state index is 13.1. The lowest BCUT2D eigenvalue weighted by molar-refractivity contribution is 0.323. The Morgan fingerprint density at radius 1 is 1.48 bits per heavy atom. The third-order valence-electron chi connectivity index (χ3n) is 3.14. The van der Waals surface area contributed by atoms with Crippen molar-refractivity contribution in [2.45, 2.75) is 6.92 Å². The van der Waals surface area contributed by atoms with Crippen LogP contribution in [0.2, 0.25) is 0 Å². The quantitative estimate of drug-likeness (QED) is 0.225. The van der Waals surface area contributed by atoms with Gasteiger partial charge in [-0.25, -0.2) is 15.2 Å². The number of aryl methyl sites for hydroxylation is 1. The molecule has 1 aromatic heterocycles. The van der Waals surface area contributed by atoms with Crippen LogP contribution < -0.4 is 27.7 Å². The number of hydrogen-bond acceptors (Lipinski definition) is 9. The molecule has 0 saturated carbocycles. The predicted octanol–water partition coefficient (Wildman–Crippen LogP) is 0.885. The number of nitrogens with one attached hydrogen (secondary N) is 1. The molecule has 2 aromatic rings. The Bertz CT molecular complexity index is 772. The fourth-order valence-electron chi connectivity index (χ4n) is 1.93. The second-order valence-electron chi connectivity index (χ2n) is 4.91. The van der Waals surface area contributed by atoms with Crippen LogP contribution in [0.3, 0.4) is 0 Å². The molecule has 0 spiro atoms. The number of rotatable bonds is 5. The van der Waals surface area contributed by atoms with Gasteiger partial charge in [0, 0.05) is 11.4 Å². The van der Waals surface area contributed by atoms with Crippen molar-refractivity contribution in [1.82, 2.24) is 9.97 Å². The minimum Gasteiger partial charge on any atom is -0.396 e. The van der Waals surface area contributed by atoms with Crippen molar-refractivity contribution in [1.29, 1.82) is 0 Å². The van der Waals surface area contributed by atoms with Crippen molar-refractivity contribution in [3.05, 3.63) is 35.8 Å². The van der Waals surface area contributed by atoms with Crippen LogP contribution >= 0.6 is 11.8 Å². The molecule has 11 heteroatoms. The number of hydrazone groups is 1. The molecule has 25 heavy (non-hydrogen) atoms. The summed E-state index contributed by atoms with van der Waals surface area (Å²) >= 11 is 1.22. The third kappa shape index (κ3) is 4.68. The van der Waals surface area contributed by atoms with E-state index in [9.17, 15) is 4.39 Å². The summed E-state index contributed by atoms with van der Waals surface area (Å²) < 4.78 is 13.1. The molecule has 0 bridgehead atoms. The smallest absolute Gasteiger partial charge is 0.229 e. The number of nitrogens with two attached hydrogens (primary N) is 3. The van der Waals surface area contributed by atoms with Crippen LogP contribution in [0.1, 0.15) is 5.56 Å². The van der Waals surface area contributed by atoms with Crippen LogP contribution in [0, 0.1) is 12.7 Å². The van der Waals surface area contributed by atoms with E-state index in [4.69, 9.17) is 22.5 Å². The van der Waals surface area contributed by atoms with Gasteiger partial charge in [-0.2, -0.15) is 10.1 Å². The number of aliphatic hydroxyl groups excluding tert-OH is 1. The molecule has 134 valence electrons. The molecule has 9 nitrogen and oxygen atoms in total. The number of halogens is 1. The number of thioether (sulfide) groups is 1. The van der Waals surface area contributed by atoms with Gasteiger partial charge < -0.3 is 22.0 Å². The molecule has 0 aliphatic carbocycles. The van der Waals surface area contributed by atoms with Crippen LogP contribution in [0.25, 0.3) is 0 Å². The van der Waals surface area contributed by atoms with Crippen molar-refractivity contribution in [2.75, 3.05) is 28.4 Å². The standard InChI is InChI=1S/C14H19FN8OS/c1-8-2-3-9(20-13-19-7-10(15)12(16)21-13)6-11(8)23(18)14(22-17)25-5-4-24/h2-3,6-7,24H,4-5,17-18H2,1H3,(H3,16,19,20,21)/b22-14+. The zero-order valence-corrected chi connectivity index (χ0v) is 14.3. The SMILES string of the molecule is Cc1ccc(Nc2ncc(F)c(N)n2)cc1N(N)/C(=N\N)SCCO. The summed E-state index contributed by atoms with van der Waals surface area (Å²) in [7, 11) is 0. The number of hydrogen-bond donors (Lipinski definition) is 5. The van der Waals surface area contributed by atoms with Gasteiger partial charge in [0.15, 0.2) is 11.6 Å². The molecule has 2 rings (SSSR count). The number of aromatic nitrogens is 2. The van der Waals surface area contributed by atoms with E-state index in [2.05, 4.69) is 20.4 Å². The Labute approximate surface area is 148 Å². The van der Waals surface area contributed by atoms with Gasteiger partial charge >= 0.3 is 0 Å². The van der Waals surface area contributed by atoms with Gasteiger partial charge in [-0.1, -0.05) is 17.8 Å². The lowest BCUT2D eigenvalue weighted by Crippen LogP contribution is -2.37. The molecule has 0 amide bonds. The molecule has 0 aliphatic rings. The first-order valence-electron chi connectivity index (χ1n) is 7.18. The van der Waals surface area contributed by atoms with Crippen LogP contribution in [0.4, 0.5) is 27.5 Å². The van der Waals surface area contributed by atoms with Crippen LogP contribution in [-0.2, 0) is 0 Å². The zero-order chi connectivity index (χ0) is 18.4. The number of hydrazine groups is 1. The summed E-state index contributed by atoms with van der Waals surface area (Å²) in [6.45, 7) is 1.84. The molecule has 0 atom stereocenters. The number of nitrogens with zero attached hydrogens (tertiary/aromatic N) is 4. The summed E-state index contributed by atoms with van der Waals surface area (Å²) in [6.07, 6.45) is 0.986. The Morgan fingerprint density at radius 2 is 2.24 bits per heavy atom. The molecule has 8 N–H and O–H groups in total. The monoisotopic (exact) mass is 366 g/mol. The minimum absolute atomic E-state index is 0.0264. The van der Waals surface area contributed by atoms with Gasteiger partial charge in [-0.15, -0.1) is 0 Å². The summed E-state index contributed by atoms with van der Waals surface area (Å²) in [4.78, 5) is 7.64. The van der Waals surface area contributed by atoms with Crippen LogP contribution in [-0.4, -0.2) is 32.6 Å². The highest BCUT2D eigenvalue weighted by molar-refractivity contribution is 8.14. The van der Waals surface area contributed by atoms with Crippen molar-refractivity contribution < 1.29 is 9.50 Å². The fourth-order valence-corrected chi connectivity index (χ4v) is 2.51. The molecular formula is C14H19FN8OS. The van der Waals surface area contributed by atoms with Gasteiger partial charge in [0.05, 0.1) is 18.5 Å². The second kappa shape index (κ2) is 8.46. The highest BCUT2D eigenvalue weighted by atomic mass is 32.2. The molecule has 0 aliphatic heterocycles. The van der Waals surface area contributed by atoms with E-state index >= 15 is 0 Å². The van der Waals surface area contributed by atoms with Crippen molar-refractivity contribution in [3.63, 3.8) is 0 Å². The number of anilines is 4. The first kappa shape index (κ1) is 18.7. The van der Waals surface area contributed by atoms with Gasteiger partial charge in [-0.3, -0.25) is 5.01 Å². The fraction of sp³-hybridized carbons (Fsp3) is 0.214. The number of benzene rings is 1. The number of amidine groups is 1. The molecular weight excluding hydrogens is 347 g/mol. The topological polar surface area (TPSA) is 152 Å². The first-order chi connectivity index (χ1) is 12.0. The van der Waals surface area contributed by atoms with Gasteiger partial charge in [0.1, 0.15) is 0 Å². The lowest BCUT2D eigenvalue weighted by Gasteiger charge is -2.22. The van der Waals surface area contributed by atoms with Crippen molar-refractivity contribution in [2.24, 2.45) is 16.8 Å².